The van der Waals surface area contributed by atoms with Gasteiger partial charge in [0.25, 0.3) is 0 Å². The number of benzene rings is 2. The van der Waals surface area contributed by atoms with E-state index in [1.54, 1.807) is 7.11 Å². The molecule has 0 aliphatic heterocycles. The standard InChI is InChI=1S/C22H22N2O2/c1-26-20-11-7-10-18(16-20)13-14-22(25)23-21-12-5-6-15-24(21)17-19-8-3-2-4-9-19/h2-12,15-16H,13-14,17H2,1H3. The fourth-order valence-electron chi connectivity index (χ4n) is 2.75. The summed E-state index contributed by atoms with van der Waals surface area (Å²) >= 11 is 0. The second kappa shape index (κ2) is 8.81. The van der Waals surface area contributed by atoms with Gasteiger partial charge in [0.2, 0.25) is 5.91 Å². The minimum atomic E-state index is -0.124. The molecule has 0 saturated carbocycles. The Kier molecular flexibility index (Phi) is 5.99. The lowest BCUT2D eigenvalue weighted by molar-refractivity contribution is -0.118. The van der Waals surface area contributed by atoms with Gasteiger partial charge in [0.15, 0.2) is 0 Å². The number of pyridine rings is 1. The van der Waals surface area contributed by atoms with Gasteiger partial charge in [-0.1, -0.05) is 48.5 Å². The van der Waals surface area contributed by atoms with E-state index in [0.29, 0.717) is 24.9 Å². The maximum atomic E-state index is 12.3. The lowest BCUT2D eigenvalue weighted by atomic mass is 10.1. The van der Waals surface area contributed by atoms with Gasteiger partial charge in [0.1, 0.15) is 11.2 Å². The summed E-state index contributed by atoms with van der Waals surface area (Å²) in [5.41, 5.74) is 2.91. The van der Waals surface area contributed by atoms with Gasteiger partial charge in [-0.15, -0.1) is 0 Å². The molecule has 0 unspecified atom stereocenters. The van der Waals surface area contributed by atoms with Crippen molar-refractivity contribution in [2.45, 2.75) is 19.4 Å². The minimum absolute atomic E-state index is 0.124. The Morgan fingerprint density at radius 2 is 1.73 bits per heavy atom. The van der Waals surface area contributed by atoms with Gasteiger partial charge in [-0.05, 0) is 41.8 Å². The SMILES string of the molecule is COc1cccc(CCC(=O)N=c2ccccn2Cc2ccccc2)c1. The summed E-state index contributed by atoms with van der Waals surface area (Å²) < 4.78 is 7.20. The Bertz CT molecular complexity index is 930. The predicted octanol–water partition coefficient (Wildman–Crippen LogP) is 3.61. The third-order valence-electron chi connectivity index (χ3n) is 4.11. The van der Waals surface area contributed by atoms with Gasteiger partial charge >= 0.3 is 0 Å². The third kappa shape index (κ3) is 4.93. The first-order valence-electron chi connectivity index (χ1n) is 8.64. The maximum Gasteiger partial charge on any atom is 0.247 e. The number of aryl methyl sites for hydroxylation is 1. The molecule has 0 aliphatic carbocycles. The summed E-state index contributed by atoms with van der Waals surface area (Å²) in [5, 5.41) is 0. The van der Waals surface area contributed by atoms with Gasteiger partial charge < -0.3 is 9.30 Å². The van der Waals surface area contributed by atoms with Crippen molar-refractivity contribution in [1.29, 1.82) is 0 Å². The van der Waals surface area contributed by atoms with Crippen molar-refractivity contribution in [3.8, 4) is 5.75 Å². The summed E-state index contributed by atoms with van der Waals surface area (Å²) in [6.07, 6.45) is 2.96. The Hall–Kier alpha value is -3.14. The van der Waals surface area contributed by atoms with Gasteiger partial charge in [0, 0.05) is 19.2 Å². The van der Waals surface area contributed by atoms with Crippen molar-refractivity contribution in [3.63, 3.8) is 0 Å². The second-order valence-electron chi connectivity index (χ2n) is 6.03. The lowest BCUT2D eigenvalue weighted by Gasteiger charge is -2.07. The van der Waals surface area contributed by atoms with Gasteiger partial charge in [-0.25, -0.2) is 0 Å². The molecule has 0 saturated heterocycles. The number of hydrogen-bond donors (Lipinski definition) is 0. The summed E-state index contributed by atoms with van der Waals surface area (Å²) in [5.74, 6) is 0.677. The van der Waals surface area contributed by atoms with E-state index in [0.717, 1.165) is 11.3 Å². The fourth-order valence-corrected chi connectivity index (χ4v) is 2.75. The van der Waals surface area contributed by atoms with Gasteiger partial charge in [-0.3, -0.25) is 4.79 Å². The van der Waals surface area contributed by atoms with E-state index in [4.69, 9.17) is 4.74 Å². The number of ether oxygens (including phenoxy) is 1. The molecule has 132 valence electrons. The first-order chi connectivity index (χ1) is 12.7. The molecule has 4 heteroatoms. The van der Waals surface area contributed by atoms with Crippen molar-refractivity contribution in [1.82, 2.24) is 4.57 Å². The Balaban J connectivity index is 1.71. The van der Waals surface area contributed by atoms with Gasteiger partial charge in [0.05, 0.1) is 7.11 Å². The highest BCUT2D eigenvalue weighted by atomic mass is 16.5. The van der Waals surface area contributed by atoms with Crippen LogP contribution in [0.3, 0.4) is 0 Å². The number of nitrogens with zero attached hydrogens (tertiary/aromatic N) is 2. The zero-order valence-corrected chi connectivity index (χ0v) is 14.8. The molecule has 1 aromatic heterocycles. The van der Waals surface area contributed by atoms with E-state index in [1.807, 2.05) is 71.4 Å². The normalized spacial score (nSPS) is 11.3. The van der Waals surface area contributed by atoms with Crippen LogP contribution in [0, 0.1) is 0 Å². The van der Waals surface area contributed by atoms with Crippen LogP contribution in [0.4, 0.5) is 0 Å². The molecule has 0 N–H and O–H groups in total. The van der Waals surface area contributed by atoms with E-state index < -0.39 is 0 Å². The van der Waals surface area contributed by atoms with Crippen molar-refractivity contribution < 1.29 is 9.53 Å². The van der Waals surface area contributed by atoms with E-state index >= 15 is 0 Å². The molecule has 3 aromatic rings. The molecule has 0 aliphatic rings. The lowest BCUT2D eigenvalue weighted by Crippen LogP contribution is -2.22. The Morgan fingerprint density at radius 3 is 2.54 bits per heavy atom. The summed E-state index contributed by atoms with van der Waals surface area (Å²) in [7, 11) is 1.64. The van der Waals surface area contributed by atoms with E-state index in [1.165, 1.54) is 5.56 Å². The zero-order valence-electron chi connectivity index (χ0n) is 14.8. The molecule has 0 spiro atoms. The smallest absolute Gasteiger partial charge is 0.247 e. The molecule has 1 amide bonds. The van der Waals surface area contributed by atoms with Crippen LogP contribution in [0.25, 0.3) is 0 Å². The first-order valence-corrected chi connectivity index (χ1v) is 8.64. The molecular weight excluding hydrogens is 324 g/mol. The topological polar surface area (TPSA) is 43.6 Å². The van der Waals surface area contributed by atoms with E-state index in [9.17, 15) is 4.79 Å². The van der Waals surface area contributed by atoms with Crippen molar-refractivity contribution >= 4 is 5.91 Å². The number of carbonyl (C=O) groups is 1. The van der Waals surface area contributed by atoms with Crippen molar-refractivity contribution in [3.05, 3.63) is 95.6 Å². The Labute approximate surface area is 153 Å². The van der Waals surface area contributed by atoms with Crippen LogP contribution in [0.5, 0.6) is 5.75 Å². The van der Waals surface area contributed by atoms with Crippen LogP contribution in [-0.2, 0) is 17.8 Å². The van der Waals surface area contributed by atoms with E-state index in [2.05, 4.69) is 17.1 Å². The molecule has 0 fully saturated rings. The van der Waals surface area contributed by atoms with Crippen LogP contribution in [0.15, 0.2) is 84.0 Å². The summed E-state index contributed by atoms with van der Waals surface area (Å²) in [6, 6.07) is 23.6. The van der Waals surface area contributed by atoms with Gasteiger partial charge in [-0.2, -0.15) is 4.99 Å². The number of aromatic nitrogens is 1. The highest BCUT2D eigenvalue weighted by molar-refractivity contribution is 5.77. The maximum absolute atomic E-state index is 12.3. The average Bonchev–Trinajstić information content (AvgIpc) is 2.69. The first kappa shape index (κ1) is 17.7. The van der Waals surface area contributed by atoms with Crippen LogP contribution in [0.2, 0.25) is 0 Å². The van der Waals surface area contributed by atoms with Crippen molar-refractivity contribution in [2.75, 3.05) is 7.11 Å². The molecule has 0 radical (unpaired) electrons. The number of carbonyl (C=O) groups excluding carboxylic acids is 1. The predicted molar refractivity (Wildman–Crippen MR) is 102 cm³/mol. The summed E-state index contributed by atoms with van der Waals surface area (Å²) in [4.78, 5) is 16.6. The van der Waals surface area contributed by atoms with Crippen LogP contribution in [-0.4, -0.2) is 17.6 Å². The highest BCUT2D eigenvalue weighted by Gasteiger charge is 2.03. The molecule has 4 nitrogen and oxygen atoms in total. The molecule has 26 heavy (non-hydrogen) atoms. The molecular formula is C22H22N2O2. The highest BCUT2D eigenvalue weighted by Crippen LogP contribution is 2.14. The van der Waals surface area contributed by atoms with Crippen molar-refractivity contribution in [2.24, 2.45) is 4.99 Å². The fraction of sp³-hybridized carbons (Fsp3) is 0.182. The molecule has 1 heterocycles. The third-order valence-corrected chi connectivity index (χ3v) is 4.11. The monoisotopic (exact) mass is 346 g/mol. The number of amides is 1. The Morgan fingerprint density at radius 1 is 0.962 bits per heavy atom. The molecule has 2 aromatic carbocycles. The van der Waals surface area contributed by atoms with Crippen LogP contribution < -0.4 is 10.2 Å². The second-order valence-corrected chi connectivity index (χ2v) is 6.03. The molecule has 3 rings (SSSR count). The van der Waals surface area contributed by atoms with E-state index in [-0.39, 0.29) is 5.91 Å². The molecule has 0 atom stereocenters. The van der Waals surface area contributed by atoms with Crippen LogP contribution >= 0.6 is 0 Å². The number of hydrogen-bond acceptors (Lipinski definition) is 2. The van der Waals surface area contributed by atoms with Crippen LogP contribution in [0.1, 0.15) is 17.5 Å². The number of rotatable bonds is 6. The quantitative estimate of drug-likeness (QED) is 0.684. The number of methoxy groups -OCH3 is 1. The summed E-state index contributed by atoms with van der Waals surface area (Å²) in [6.45, 7) is 0.684. The largest absolute Gasteiger partial charge is 0.497 e. The average molecular weight is 346 g/mol. The molecule has 0 bridgehead atoms. The minimum Gasteiger partial charge on any atom is -0.497 e. The zero-order chi connectivity index (χ0) is 18.2.